The van der Waals surface area contributed by atoms with Crippen LogP contribution < -0.4 is 0 Å². The molecule has 0 atom stereocenters. The normalized spacial score (nSPS) is 16.9. The Bertz CT molecular complexity index is 358. The van der Waals surface area contributed by atoms with Gasteiger partial charge in [0.1, 0.15) is 17.3 Å². The lowest BCUT2D eigenvalue weighted by Crippen LogP contribution is -2.17. The van der Waals surface area contributed by atoms with Gasteiger partial charge in [-0.25, -0.2) is 4.39 Å². The highest BCUT2D eigenvalue weighted by Crippen LogP contribution is 2.15. The van der Waals surface area contributed by atoms with Crippen LogP contribution in [0.3, 0.4) is 0 Å². The fraction of sp³-hybridized carbons (Fsp3) is 0.417. The number of carbonyl (C=O) groups excluding carboxylic acids is 1. The monoisotopic (exact) mass is 225 g/mol. The molecule has 2 rings (SSSR count). The van der Waals surface area contributed by atoms with Crippen LogP contribution >= 0.6 is 0 Å². The van der Waals surface area contributed by atoms with Gasteiger partial charge in [-0.2, -0.15) is 0 Å². The van der Waals surface area contributed by atoms with Crippen molar-refractivity contribution in [2.75, 3.05) is 17.3 Å². The summed E-state index contributed by atoms with van der Waals surface area (Å²) in [5.74, 6) is 2.75. The zero-order valence-corrected chi connectivity index (χ0v) is 9.36. The van der Waals surface area contributed by atoms with Crippen LogP contribution in [0.2, 0.25) is 0 Å². The maximum atomic E-state index is 12.9. The lowest BCUT2D eigenvalue weighted by Gasteiger charge is -2.00. The minimum atomic E-state index is -0.324. The van der Waals surface area contributed by atoms with Gasteiger partial charge in [0.05, 0.1) is 0 Å². The summed E-state index contributed by atoms with van der Waals surface area (Å²) in [6.07, 6.45) is 2.50. The molecule has 0 aromatic heterocycles. The average Bonchev–Trinajstić information content (AvgIpc) is 2.70. The van der Waals surface area contributed by atoms with Crippen LogP contribution in [0, 0.1) is 5.82 Å². The van der Waals surface area contributed by atoms with Crippen LogP contribution in [0.5, 0.6) is 0 Å². The summed E-state index contributed by atoms with van der Waals surface area (Å²) in [6.45, 7) is 0. The summed E-state index contributed by atoms with van der Waals surface area (Å²) in [4.78, 5) is 11.8. The van der Waals surface area contributed by atoms with Crippen molar-refractivity contribution in [3.05, 3.63) is 35.6 Å². The van der Waals surface area contributed by atoms with E-state index in [0.717, 1.165) is 0 Å². The lowest BCUT2D eigenvalue weighted by atomic mass is 10.1. The Morgan fingerprint density at radius 1 is 1.33 bits per heavy atom. The van der Waals surface area contributed by atoms with Crippen LogP contribution in [0.1, 0.15) is 23.2 Å². The molecule has 1 heterocycles. The second-order valence-electron chi connectivity index (χ2n) is 3.81. The molecular weight excluding hydrogens is 211 g/mol. The first-order valence-electron chi connectivity index (χ1n) is 5.18. The first kappa shape index (κ1) is 10.7. The van der Waals surface area contributed by atoms with E-state index in [1.54, 1.807) is 12.1 Å². The van der Waals surface area contributed by atoms with Gasteiger partial charge in [0, 0.05) is 5.56 Å². The van der Waals surface area contributed by atoms with Crippen molar-refractivity contribution in [3.63, 3.8) is 0 Å². The van der Waals surface area contributed by atoms with Gasteiger partial charge in [-0.3, -0.25) is 4.79 Å². The molecule has 0 bridgehead atoms. The fourth-order valence-electron chi connectivity index (χ4n) is 1.79. The van der Waals surface area contributed by atoms with E-state index in [1.165, 1.54) is 36.5 Å². The lowest BCUT2D eigenvalue weighted by molar-refractivity contribution is 0.102. The highest BCUT2D eigenvalue weighted by atomic mass is 32.2. The third-order valence-corrected chi connectivity index (χ3v) is 5.00. The maximum Gasteiger partial charge on any atom is 0.211 e. The molecule has 1 nitrogen and oxygen atoms in total. The number of Topliss-reactive ketones (excluding diaryl/α,β-unsaturated/α-hetero) is 1. The average molecular weight is 225 g/mol. The first-order valence-corrected chi connectivity index (χ1v) is 6.92. The number of rotatable bonds is 3. The van der Waals surface area contributed by atoms with Gasteiger partial charge in [-0.15, -0.1) is 0 Å². The minimum Gasteiger partial charge on any atom is -0.289 e. The summed E-state index contributed by atoms with van der Waals surface area (Å²) in [7, 11) is 0.264. The van der Waals surface area contributed by atoms with E-state index < -0.39 is 0 Å². The van der Waals surface area contributed by atoms with E-state index >= 15 is 0 Å². The Morgan fingerprint density at radius 3 is 2.73 bits per heavy atom. The van der Waals surface area contributed by atoms with Crippen molar-refractivity contribution in [1.29, 1.82) is 0 Å². The van der Waals surface area contributed by atoms with Gasteiger partial charge in [0.15, 0.2) is 5.75 Å². The van der Waals surface area contributed by atoms with Gasteiger partial charge in [0.25, 0.3) is 0 Å². The van der Waals surface area contributed by atoms with Crippen LogP contribution in [-0.2, 0) is 10.9 Å². The van der Waals surface area contributed by atoms with Crippen molar-refractivity contribution in [2.45, 2.75) is 12.8 Å². The summed E-state index contributed by atoms with van der Waals surface area (Å²) in [6, 6.07) is 6.00. The third kappa shape index (κ3) is 2.81. The molecule has 80 valence electrons. The van der Waals surface area contributed by atoms with E-state index in [2.05, 4.69) is 0 Å². The largest absolute Gasteiger partial charge is 0.289 e. The van der Waals surface area contributed by atoms with Crippen molar-refractivity contribution >= 4 is 16.7 Å². The SMILES string of the molecule is O=C(C[S+]1CCCC1)c1cccc(F)c1. The Labute approximate surface area is 92.0 Å². The molecule has 0 radical (unpaired) electrons. The number of carbonyl (C=O) groups is 1. The molecule has 0 aliphatic carbocycles. The molecule has 0 unspecified atom stereocenters. The molecule has 0 spiro atoms. The van der Waals surface area contributed by atoms with E-state index in [-0.39, 0.29) is 22.5 Å². The number of ketones is 1. The summed E-state index contributed by atoms with van der Waals surface area (Å²) in [5, 5.41) is 0. The van der Waals surface area contributed by atoms with Crippen LogP contribution in [0.15, 0.2) is 24.3 Å². The molecule has 1 aromatic rings. The smallest absolute Gasteiger partial charge is 0.211 e. The predicted molar refractivity (Wildman–Crippen MR) is 61.9 cm³/mol. The highest BCUT2D eigenvalue weighted by Gasteiger charge is 2.27. The molecule has 1 aromatic carbocycles. The molecule has 15 heavy (non-hydrogen) atoms. The molecule has 1 aliphatic heterocycles. The maximum absolute atomic E-state index is 12.9. The second-order valence-corrected chi connectivity index (χ2v) is 6.14. The van der Waals surface area contributed by atoms with Gasteiger partial charge in [-0.1, -0.05) is 12.1 Å². The molecule has 0 saturated carbocycles. The number of halogens is 1. The fourth-order valence-corrected chi connectivity index (χ4v) is 4.04. The summed E-state index contributed by atoms with van der Waals surface area (Å²) in [5.41, 5.74) is 0.523. The van der Waals surface area contributed by atoms with E-state index in [9.17, 15) is 9.18 Å². The Hall–Kier alpha value is -0.830. The quantitative estimate of drug-likeness (QED) is 0.570. The topological polar surface area (TPSA) is 17.1 Å². The standard InChI is InChI=1S/C12H14FOS/c13-11-5-3-4-10(8-11)12(14)9-15-6-1-2-7-15/h3-5,8H,1-2,6-7,9H2/q+1. The number of benzene rings is 1. The minimum absolute atomic E-state index is 0.0970. The Kier molecular flexibility index (Phi) is 3.41. The van der Waals surface area contributed by atoms with Crippen LogP contribution in [0.25, 0.3) is 0 Å². The van der Waals surface area contributed by atoms with Crippen molar-refractivity contribution in [2.24, 2.45) is 0 Å². The predicted octanol–water partition coefficient (Wildman–Crippen LogP) is 2.42. The van der Waals surface area contributed by atoms with Crippen molar-refractivity contribution < 1.29 is 9.18 Å². The van der Waals surface area contributed by atoms with E-state index in [1.807, 2.05) is 0 Å². The zero-order chi connectivity index (χ0) is 10.7. The summed E-state index contributed by atoms with van der Waals surface area (Å²) < 4.78 is 12.9. The van der Waals surface area contributed by atoms with Gasteiger partial charge >= 0.3 is 0 Å². The summed E-state index contributed by atoms with van der Waals surface area (Å²) >= 11 is 0. The zero-order valence-electron chi connectivity index (χ0n) is 8.54. The van der Waals surface area contributed by atoms with Crippen LogP contribution in [0.4, 0.5) is 4.39 Å². The molecule has 0 amide bonds. The molecule has 3 heteroatoms. The van der Waals surface area contributed by atoms with E-state index in [4.69, 9.17) is 0 Å². The molecule has 1 saturated heterocycles. The van der Waals surface area contributed by atoms with Crippen molar-refractivity contribution in [1.82, 2.24) is 0 Å². The van der Waals surface area contributed by atoms with E-state index in [0.29, 0.717) is 11.3 Å². The number of hydrogen-bond donors (Lipinski definition) is 0. The Morgan fingerprint density at radius 2 is 2.07 bits per heavy atom. The third-order valence-electron chi connectivity index (χ3n) is 2.60. The highest BCUT2D eigenvalue weighted by molar-refractivity contribution is 7.97. The molecule has 0 N–H and O–H groups in total. The number of hydrogen-bond acceptors (Lipinski definition) is 1. The van der Waals surface area contributed by atoms with Gasteiger partial charge in [0.2, 0.25) is 5.78 Å². The van der Waals surface area contributed by atoms with Crippen molar-refractivity contribution in [3.8, 4) is 0 Å². The first-order chi connectivity index (χ1) is 7.25. The molecular formula is C12H14FOS+. The van der Waals surface area contributed by atoms with Crippen LogP contribution in [-0.4, -0.2) is 23.0 Å². The second kappa shape index (κ2) is 4.79. The Balaban J connectivity index is 2.01. The van der Waals surface area contributed by atoms with Gasteiger partial charge < -0.3 is 0 Å². The molecule has 1 fully saturated rings. The molecule has 1 aliphatic rings. The van der Waals surface area contributed by atoms with Gasteiger partial charge in [-0.05, 0) is 35.9 Å².